The number of likely N-dealkylation sites (tertiary alicyclic amines) is 1. The number of para-hydroxylation sites is 1. The molecule has 2 N–H and O–H groups in total. The molecule has 1 aromatic rings. The predicted octanol–water partition coefficient (Wildman–Crippen LogP) is 2.20. The lowest BCUT2D eigenvalue weighted by Gasteiger charge is -2.32. The molecule has 5 heteroatoms. The molecule has 5 nitrogen and oxygen atoms in total. The fraction of sp³-hybridized carbons (Fsp3) is 0.500. The van der Waals surface area contributed by atoms with Gasteiger partial charge in [-0.15, -0.1) is 0 Å². The molecule has 1 aliphatic rings. The number of carbonyl (C=O) groups excluding carboxylic acids is 1. The number of nitrogens with one attached hydrogen (secondary N) is 1. The van der Waals surface area contributed by atoms with E-state index in [0.29, 0.717) is 18.9 Å². The van der Waals surface area contributed by atoms with Gasteiger partial charge in [0, 0.05) is 25.2 Å². The Hall–Kier alpha value is -2.04. The van der Waals surface area contributed by atoms with E-state index in [1.807, 2.05) is 35.2 Å². The molecular formula is C16H22N2O3. The highest BCUT2D eigenvalue weighted by Crippen LogP contribution is 2.21. The summed E-state index contributed by atoms with van der Waals surface area (Å²) in [5, 5.41) is 11.9. The zero-order chi connectivity index (χ0) is 15.1. The summed E-state index contributed by atoms with van der Waals surface area (Å²) in [6.45, 7) is 1.75. The van der Waals surface area contributed by atoms with Crippen molar-refractivity contribution in [1.82, 2.24) is 4.90 Å². The lowest BCUT2D eigenvalue weighted by molar-refractivity contribution is -0.137. The molecule has 2 rings (SSSR count). The summed E-state index contributed by atoms with van der Waals surface area (Å²) in [4.78, 5) is 24.7. The molecule has 0 spiro atoms. The van der Waals surface area contributed by atoms with Crippen LogP contribution in [0.3, 0.4) is 0 Å². The van der Waals surface area contributed by atoms with Gasteiger partial charge in [-0.3, -0.25) is 9.59 Å². The van der Waals surface area contributed by atoms with Crippen LogP contribution in [-0.4, -0.2) is 41.5 Å². The topological polar surface area (TPSA) is 69.6 Å². The Morgan fingerprint density at radius 3 is 2.76 bits per heavy atom. The molecule has 0 bridgehead atoms. The second-order valence-corrected chi connectivity index (χ2v) is 5.50. The number of hydrogen-bond acceptors (Lipinski definition) is 3. The summed E-state index contributed by atoms with van der Waals surface area (Å²) >= 11 is 0. The highest BCUT2D eigenvalue weighted by atomic mass is 16.4. The largest absolute Gasteiger partial charge is 0.481 e. The Labute approximate surface area is 125 Å². The molecular weight excluding hydrogens is 268 g/mol. The van der Waals surface area contributed by atoms with E-state index in [2.05, 4.69) is 5.32 Å². The fourth-order valence-corrected chi connectivity index (χ4v) is 2.70. The van der Waals surface area contributed by atoms with Crippen LogP contribution in [0.1, 0.15) is 25.7 Å². The van der Waals surface area contributed by atoms with Gasteiger partial charge in [-0.05, 0) is 37.3 Å². The van der Waals surface area contributed by atoms with Gasteiger partial charge in [0.25, 0.3) is 0 Å². The number of piperidine rings is 1. The first-order valence-electron chi connectivity index (χ1n) is 7.43. The van der Waals surface area contributed by atoms with Crippen LogP contribution in [0, 0.1) is 5.92 Å². The third-order valence-corrected chi connectivity index (χ3v) is 3.86. The number of amides is 1. The number of rotatable bonds is 6. The van der Waals surface area contributed by atoms with Crippen molar-refractivity contribution in [2.24, 2.45) is 5.92 Å². The number of carbonyl (C=O) groups is 2. The molecule has 1 atom stereocenters. The summed E-state index contributed by atoms with van der Waals surface area (Å²) in [5.74, 6) is -0.362. The van der Waals surface area contributed by atoms with Gasteiger partial charge >= 0.3 is 5.97 Å². The molecule has 114 valence electrons. The van der Waals surface area contributed by atoms with Gasteiger partial charge in [-0.1, -0.05) is 18.2 Å². The monoisotopic (exact) mass is 290 g/mol. The van der Waals surface area contributed by atoms with Crippen LogP contribution in [0.4, 0.5) is 5.69 Å². The first kappa shape index (κ1) is 15.4. The van der Waals surface area contributed by atoms with Crippen LogP contribution in [0.15, 0.2) is 30.3 Å². The summed E-state index contributed by atoms with van der Waals surface area (Å²) in [7, 11) is 0. The standard InChI is InChI=1S/C16H22N2O3/c19-15(11-17-14-6-2-1-3-7-14)18-10-4-5-13(12-18)8-9-16(20)21/h1-3,6-7,13,17H,4-5,8-12H2,(H,20,21). The number of hydrogen-bond donors (Lipinski definition) is 2. The van der Waals surface area contributed by atoms with Gasteiger partial charge < -0.3 is 15.3 Å². The van der Waals surface area contributed by atoms with E-state index in [1.54, 1.807) is 0 Å². The Morgan fingerprint density at radius 1 is 1.29 bits per heavy atom. The highest BCUT2D eigenvalue weighted by Gasteiger charge is 2.23. The minimum absolute atomic E-state index is 0.0823. The van der Waals surface area contributed by atoms with Crippen LogP contribution in [0.25, 0.3) is 0 Å². The molecule has 0 saturated carbocycles. The number of anilines is 1. The zero-order valence-electron chi connectivity index (χ0n) is 12.1. The first-order valence-corrected chi connectivity index (χ1v) is 7.43. The Balaban J connectivity index is 1.77. The molecule has 1 aliphatic heterocycles. The average molecular weight is 290 g/mol. The van der Waals surface area contributed by atoms with Crippen molar-refractivity contribution in [2.75, 3.05) is 25.0 Å². The van der Waals surface area contributed by atoms with Crippen LogP contribution < -0.4 is 5.32 Å². The van der Waals surface area contributed by atoms with E-state index in [0.717, 1.165) is 25.1 Å². The molecule has 1 fully saturated rings. The van der Waals surface area contributed by atoms with Crippen molar-refractivity contribution in [2.45, 2.75) is 25.7 Å². The molecule has 1 heterocycles. The van der Waals surface area contributed by atoms with Crippen molar-refractivity contribution in [3.05, 3.63) is 30.3 Å². The SMILES string of the molecule is O=C(O)CCC1CCCN(C(=O)CNc2ccccc2)C1. The van der Waals surface area contributed by atoms with Crippen molar-refractivity contribution >= 4 is 17.6 Å². The van der Waals surface area contributed by atoms with Crippen LogP contribution in [-0.2, 0) is 9.59 Å². The van der Waals surface area contributed by atoms with E-state index in [1.165, 1.54) is 0 Å². The van der Waals surface area contributed by atoms with Crippen molar-refractivity contribution < 1.29 is 14.7 Å². The number of carboxylic acid groups (broad SMARTS) is 1. The number of aliphatic carboxylic acids is 1. The second kappa shape index (κ2) is 7.67. The lowest BCUT2D eigenvalue weighted by atomic mass is 9.93. The molecule has 0 radical (unpaired) electrons. The second-order valence-electron chi connectivity index (χ2n) is 5.50. The zero-order valence-corrected chi connectivity index (χ0v) is 12.1. The van der Waals surface area contributed by atoms with Crippen molar-refractivity contribution in [3.8, 4) is 0 Å². The number of nitrogens with zero attached hydrogens (tertiary/aromatic N) is 1. The van der Waals surface area contributed by atoms with Gasteiger partial charge in [0.15, 0.2) is 0 Å². The third-order valence-electron chi connectivity index (χ3n) is 3.86. The maximum atomic E-state index is 12.2. The van der Waals surface area contributed by atoms with E-state index in [4.69, 9.17) is 5.11 Å². The maximum Gasteiger partial charge on any atom is 0.303 e. The van der Waals surface area contributed by atoms with E-state index < -0.39 is 5.97 Å². The Bertz CT molecular complexity index is 476. The van der Waals surface area contributed by atoms with E-state index in [9.17, 15) is 9.59 Å². The van der Waals surface area contributed by atoms with E-state index in [-0.39, 0.29) is 18.9 Å². The highest BCUT2D eigenvalue weighted by molar-refractivity contribution is 5.81. The molecule has 1 amide bonds. The lowest BCUT2D eigenvalue weighted by Crippen LogP contribution is -2.42. The Morgan fingerprint density at radius 2 is 2.05 bits per heavy atom. The van der Waals surface area contributed by atoms with Gasteiger partial charge in [-0.2, -0.15) is 0 Å². The minimum atomic E-state index is -0.760. The smallest absolute Gasteiger partial charge is 0.303 e. The van der Waals surface area contributed by atoms with E-state index >= 15 is 0 Å². The summed E-state index contributed by atoms with van der Waals surface area (Å²) in [6.07, 6.45) is 2.82. The van der Waals surface area contributed by atoms with Crippen LogP contribution in [0.2, 0.25) is 0 Å². The van der Waals surface area contributed by atoms with Gasteiger partial charge in [-0.25, -0.2) is 0 Å². The molecule has 1 unspecified atom stereocenters. The number of carboxylic acids is 1. The predicted molar refractivity (Wildman–Crippen MR) is 81.1 cm³/mol. The molecule has 1 aromatic carbocycles. The first-order chi connectivity index (χ1) is 10.1. The van der Waals surface area contributed by atoms with Crippen molar-refractivity contribution in [1.29, 1.82) is 0 Å². The average Bonchev–Trinajstić information content (AvgIpc) is 2.52. The molecule has 21 heavy (non-hydrogen) atoms. The van der Waals surface area contributed by atoms with Crippen molar-refractivity contribution in [3.63, 3.8) is 0 Å². The van der Waals surface area contributed by atoms with Gasteiger partial charge in [0.2, 0.25) is 5.91 Å². The summed E-state index contributed by atoms with van der Waals surface area (Å²) in [6, 6.07) is 9.65. The number of benzene rings is 1. The maximum absolute atomic E-state index is 12.2. The van der Waals surface area contributed by atoms with Gasteiger partial charge in [0.05, 0.1) is 6.54 Å². The Kier molecular flexibility index (Phi) is 5.60. The molecule has 0 aromatic heterocycles. The quantitative estimate of drug-likeness (QED) is 0.842. The third kappa shape index (κ3) is 5.10. The molecule has 1 saturated heterocycles. The summed E-state index contributed by atoms with van der Waals surface area (Å²) < 4.78 is 0. The van der Waals surface area contributed by atoms with Crippen LogP contribution in [0.5, 0.6) is 0 Å². The molecule has 0 aliphatic carbocycles. The fourth-order valence-electron chi connectivity index (χ4n) is 2.70. The normalized spacial score (nSPS) is 18.3. The van der Waals surface area contributed by atoms with Gasteiger partial charge in [0.1, 0.15) is 0 Å². The van der Waals surface area contributed by atoms with Crippen LogP contribution >= 0.6 is 0 Å². The minimum Gasteiger partial charge on any atom is -0.481 e. The summed E-state index contributed by atoms with van der Waals surface area (Å²) in [5.41, 5.74) is 0.935.